The van der Waals surface area contributed by atoms with E-state index >= 15 is 0 Å². The Morgan fingerprint density at radius 1 is 1.15 bits per heavy atom. The van der Waals surface area contributed by atoms with Gasteiger partial charge in [0.1, 0.15) is 23.9 Å². The van der Waals surface area contributed by atoms with Crippen molar-refractivity contribution >= 4 is 17.5 Å². The van der Waals surface area contributed by atoms with Crippen LogP contribution >= 0.6 is 0 Å². The maximum atomic E-state index is 14.5. The molecule has 4 rings (SSSR count). The number of rotatable bonds is 4. The van der Waals surface area contributed by atoms with Crippen molar-refractivity contribution in [2.75, 3.05) is 46.4 Å². The van der Waals surface area contributed by atoms with Gasteiger partial charge < -0.3 is 24.5 Å². The minimum Gasteiger partial charge on any atom is -0.508 e. The normalized spacial score (nSPS) is 18.3. The Kier molecular flexibility index (Phi) is 6.60. The van der Waals surface area contributed by atoms with E-state index in [0.29, 0.717) is 37.4 Å². The van der Waals surface area contributed by atoms with Crippen LogP contribution in [0.4, 0.5) is 13.6 Å². The highest BCUT2D eigenvalue weighted by Crippen LogP contribution is 2.37. The summed E-state index contributed by atoms with van der Waals surface area (Å²) in [6, 6.07) is 8.54. The molecule has 2 aliphatic heterocycles. The van der Waals surface area contributed by atoms with Crippen molar-refractivity contribution in [2.45, 2.75) is 6.04 Å². The van der Waals surface area contributed by atoms with Gasteiger partial charge in [0, 0.05) is 32.2 Å². The molecule has 174 valence electrons. The largest absolute Gasteiger partial charge is 0.508 e. The molecule has 0 aliphatic carbocycles. The van der Waals surface area contributed by atoms with Gasteiger partial charge in [0.05, 0.1) is 19.3 Å². The lowest BCUT2D eigenvalue weighted by Gasteiger charge is -2.32. The number of amides is 3. The van der Waals surface area contributed by atoms with Crippen molar-refractivity contribution in [1.82, 2.24) is 14.7 Å². The number of carbonyl (C=O) groups excluding carboxylic acids is 2. The van der Waals surface area contributed by atoms with Gasteiger partial charge in [-0.1, -0.05) is 18.2 Å². The van der Waals surface area contributed by atoms with Gasteiger partial charge in [0.2, 0.25) is 5.91 Å². The SMILES string of the molecule is CN(CC(=O)N1CCOCC1)C(=O)N1CC(c2cc(F)ccc2F)=CC1c1cccc(O)c1. The Hall–Kier alpha value is -3.46. The number of morpholine rings is 1. The van der Waals surface area contributed by atoms with Crippen molar-refractivity contribution in [3.8, 4) is 5.75 Å². The molecule has 2 aromatic rings. The summed E-state index contributed by atoms with van der Waals surface area (Å²) in [7, 11) is 1.53. The molecular weight excluding hydrogens is 432 g/mol. The number of phenols is 1. The zero-order chi connectivity index (χ0) is 23.5. The van der Waals surface area contributed by atoms with E-state index in [-0.39, 0.29) is 30.3 Å². The van der Waals surface area contributed by atoms with Gasteiger partial charge in [0.15, 0.2) is 0 Å². The standard InChI is InChI=1S/C24H25F2N3O4/c1-27(15-23(31)28-7-9-33-10-8-28)24(32)29-14-17(20-13-18(25)5-6-21(20)26)12-22(29)16-3-2-4-19(30)11-16/h2-6,11-13,22,30H,7-10,14-15H2,1H3. The fraction of sp³-hybridized carbons (Fsp3) is 0.333. The lowest BCUT2D eigenvalue weighted by atomic mass is 10.0. The molecule has 1 unspecified atom stereocenters. The first-order valence-corrected chi connectivity index (χ1v) is 10.7. The summed E-state index contributed by atoms with van der Waals surface area (Å²) in [4.78, 5) is 30.4. The fourth-order valence-electron chi connectivity index (χ4n) is 4.11. The predicted octanol–water partition coefficient (Wildman–Crippen LogP) is 3.02. The monoisotopic (exact) mass is 457 g/mol. The van der Waals surface area contributed by atoms with Gasteiger partial charge in [-0.3, -0.25) is 4.79 Å². The maximum Gasteiger partial charge on any atom is 0.321 e. The highest BCUT2D eigenvalue weighted by molar-refractivity contribution is 5.86. The van der Waals surface area contributed by atoms with Crippen LogP contribution in [0.25, 0.3) is 5.57 Å². The summed E-state index contributed by atoms with van der Waals surface area (Å²) in [5.74, 6) is -1.34. The number of benzene rings is 2. The van der Waals surface area contributed by atoms with Gasteiger partial charge in [-0.25, -0.2) is 13.6 Å². The number of ether oxygens (including phenoxy) is 1. The minimum absolute atomic E-state index is 0.0227. The van der Waals surface area contributed by atoms with E-state index in [1.165, 1.54) is 29.0 Å². The van der Waals surface area contributed by atoms with Gasteiger partial charge in [-0.15, -0.1) is 0 Å². The van der Waals surface area contributed by atoms with Crippen LogP contribution in [-0.4, -0.2) is 78.2 Å². The van der Waals surface area contributed by atoms with Crippen LogP contribution in [0.15, 0.2) is 48.5 Å². The lowest BCUT2D eigenvalue weighted by molar-refractivity contribution is -0.135. The molecule has 0 radical (unpaired) electrons. The summed E-state index contributed by atoms with van der Waals surface area (Å²) in [6.07, 6.45) is 1.68. The van der Waals surface area contributed by atoms with Crippen LogP contribution < -0.4 is 0 Å². The number of carbonyl (C=O) groups is 2. The summed E-state index contributed by atoms with van der Waals surface area (Å²) in [6.45, 7) is 1.77. The Labute approximate surface area is 190 Å². The van der Waals surface area contributed by atoms with Crippen LogP contribution in [-0.2, 0) is 9.53 Å². The molecule has 0 saturated carbocycles. The Morgan fingerprint density at radius 2 is 1.91 bits per heavy atom. The first kappa shape index (κ1) is 22.7. The number of nitrogens with zero attached hydrogens (tertiary/aromatic N) is 3. The van der Waals surface area contributed by atoms with Crippen molar-refractivity contribution in [2.24, 2.45) is 0 Å². The number of likely N-dealkylation sites (N-methyl/N-ethyl adjacent to an activating group) is 1. The molecule has 1 atom stereocenters. The number of hydrogen-bond acceptors (Lipinski definition) is 4. The van der Waals surface area contributed by atoms with E-state index in [1.807, 2.05) is 0 Å². The average molecular weight is 457 g/mol. The van der Waals surface area contributed by atoms with E-state index in [2.05, 4.69) is 0 Å². The molecule has 2 aliphatic rings. The smallest absolute Gasteiger partial charge is 0.321 e. The number of urea groups is 1. The number of halogens is 2. The first-order valence-electron chi connectivity index (χ1n) is 10.7. The van der Waals surface area contributed by atoms with Gasteiger partial charge in [0.25, 0.3) is 0 Å². The van der Waals surface area contributed by atoms with Crippen LogP contribution in [0.3, 0.4) is 0 Å². The molecule has 33 heavy (non-hydrogen) atoms. The van der Waals surface area contributed by atoms with Crippen LogP contribution in [0, 0.1) is 11.6 Å². The van der Waals surface area contributed by atoms with Crippen molar-refractivity contribution in [3.05, 3.63) is 71.3 Å². The Morgan fingerprint density at radius 3 is 2.64 bits per heavy atom. The van der Waals surface area contributed by atoms with Crippen molar-refractivity contribution in [3.63, 3.8) is 0 Å². The highest BCUT2D eigenvalue weighted by Gasteiger charge is 2.34. The molecule has 3 amide bonds. The second-order valence-corrected chi connectivity index (χ2v) is 8.12. The molecule has 0 aromatic heterocycles. The molecule has 0 bridgehead atoms. The summed E-state index contributed by atoms with van der Waals surface area (Å²) in [5.41, 5.74) is 1.13. The maximum absolute atomic E-state index is 14.5. The average Bonchev–Trinajstić information content (AvgIpc) is 3.26. The molecule has 1 saturated heterocycles. The highest BCUT2D eigenvalue weighted by atomic mass is 19.1. The van der Waals surface area contributed by atoms with Crippen LogP contribution in [0.5, 0.6) is 5.75 Å². The van der Waals surface area contributed by atoms with Crippen LogP contribution in [0.2, 0.25) is 0 Å². The predicted molar refractivity (Wildman–Crippen MR) is 117 cm³/mol. The summed E-state index contributed by atoms with van der Waals surface area (Å²) < 4.78 is 33.5. The van der Waals surface area contributed by atoms with E-state index < -0.39 is 23.7 Å². The topological polar surface area (TPSA) is 73.3 Å². The molecule has 1 N–H and O–H groups in total. The van der Waals surface area contributed by atoms with Crippen molar-refractivity contribution in [1.29, 1.82) is 0 Å². The molecule has 7 nitrogen and oxygen atoms in total. The third-order valence-corrected chi connectivity index (χ3v) is 5.83. The second kappa shape index (κ2) is 9.58. The van der Waals surface area contributed by atoms with Crippen LogP contribution in [0.1, 0.15) is 17.2 Å². The molecule has 0 spiro atoms. The molecular formula is C24H25F2N3O4. The van der Waals surface area contributed by atoms with Crippen molar-refractivity contribution < 1.29 is 28.2 Å². The molecule has 1 fully saturated rings. The zero-order valence-electron chi connectivity index (χ0n) is 18.2. The Balaban J connectivity index is 1.59. The van der Waals surface area contributed by atoms with Gasteiger partial charge in [-0.2, -0.15) is 0 Å². The number of phenolic OH excluding ortho intramolecular Hbond substituents is 1. The lowest BCUT2D eigenvalue weighted by Crippen LogP contribution is -2.49. The summed E-state index contributed by atoms with van der Waals surface area (Å²) >= 11 is 0. The summed E-state index contributed by atoms with van der Waals surface area (Å²) in [5, 5.41) is 9.93. The third kappa shape index (κ3) is 4.98. The third-order valence-electron chi connectivity index (χ3n) is 5.83. The molecule has 2 aromatic carbocycles. The first-order chi connectivity index (χ1) is 15.8. The second-order valence-electron chi connectivity index (χ2n) is 8.12. The van der Waals surface area contributed by atoms with E-state index in [1.54, 1.807) is 23.1 Å². The quantitative estimate of drug-likeness (QED) is 0.766. The fourth-order valence-corrected chi connectivity index (χ4v) is 4.11. The van der Waals surface area contributed by atoms with Gasteiger partial charge >= 0.3 is 6.03 Å². The number of aromatic hydroxyl groups is 1. The molecule has 2 heterocycles. The number of hydrogen-bond donors (Lipinski definition) is 1. The Bertz CT molecular complexity index is 1090. The van der Waals surface area contributed by atoms with E-state index in [9.17, 15) is 23.5 Å². The molecule has 9 heteroatoms. The zero-order valence-corrected chi connectivity index (χ0v) is 18.2. The van der Waals surface area contributed by atoms with Gasteiger partial charge in [-0.05, 0) is 41.5 Å². The van der Waals surface area contributed by atoms with E-state index in [0.717, 1.165) is 18.2 Å². The minimum atomic E-state index is -0.622. The van der Waals surface area contributed by atoms with E-state index in [4.69, 9.17) is 4.74 Å².